The van der Waals surface area contributed by atoms with Crippen LogP contribution in [0.1, 0.15) is 32.8 Å². The Balaban J connectivity index is 1.80. The van der Waals surface area contributed by atoms with Crippen LogP contribution in [0.2, 0.25) is 0 Å². The standard InChI is InChI=1S/C20H24N2O/c1-20(2,3)19(23)21-16-10-12-17(13-11-16)22-14-6-8-15-7-4-5-9-18(15)22/h4-5,7,9-13H,6,8,14H2,1-3H3,(H,21,23). The van der Waals surface area contributed by atoms with Gasteiger partial charge in [0, 0.05) is 29.0 Å². The fraction of sp³-hybridized carbons (Fsp3) is 0.350. The molecular weight excluding hydrogens is 284 g/mol. The Kier molecular flexibility index (Phi) is 4.12. The zero-order valence-corrected chi connectivity index (χ0v) is 14.1. The maximum atomic E-state index is 12.1. The molecule has 1 aliphatic rings. The third kappa shape index (κ3) is 3.39. The van der Waals surface area contributed by atoms with E-state index in [1.54, 1.807) is 0 Å². The first kappa shape index (κ1) is 15.6. The van der Waals surface area contributed by atoms with Crippen molar-refractivity contribution in [2.45, 2.75) is 33.6 Å². The number of hydrogen-bond donors (Lipinski definition) is 1. The van der Waals surface area contributed by atoms with Crippen LogP contribution in [0.25, 0.3) is 0 Å². The summed E-state index contributed by atoms with van der Waals surface area (Å²) in [6, 6.07) is 16.7. The molecule has 1 amide bonds. The zero-order chi connectivity index (χ0) is 16.4. The van der Waals surface area contributed by atoms with Gasteiger partial charge in [-0.3, -0.25) is 4.79 Å². The van der Waals surface area contributed by atoms with Crippen LogP contribution in [-0.2, 0) is 11.2 Å². The fourth-order valence-electron chi connectivity index (χ4n) is 2.85. The molecule has 1 aliphatic heterocycles. The van der Waals surface area contributed by atoms with Crippen molar-refractivity contribution in [2.24, 2.45) is 5.41 Å². The highest BCUT2D eigenvalue weighted by Gasteiger charge is 2.21. The van der Waals surface area contributed by atoms with Gasteiger partial charge in [0.05, 0.1) is 0 Å². The van der Waals surface area contributed by atoms with Crippen molar-refractivity contribution in [1.29, 1.82) is 0 Å². The number of benzene rings is 2. The number of hydrogen-bond acceptors (Lipinski definition) is 2. The van der Waals surface area contributed by atoms with Gasteiger partial charge in [-0.05, 0) is 48.7 Å². The van der Waals surface area contributed by atoms with Gasteiger partial charge in [-0.1, -0.05) is 39.0 Å². The van der Waals surface area contributed by atoms with Crippen LogP contribution in [0.15, 0.2) is 48.5 Å². The molecule has 3 heteroatoms. The maximum Gasteiger partial charge on any atom is 0.229 e. The molecule has 2 aromatic carbocycles. The minimum Gasteiger partial charge on any atom is -0.341 e. The van der Waals surface area contributed by atoms with Gasteiger partial charge in [-0.15, -0.1) is 0 Å². The molecule has 0 bridgehead atoms. The molecule has 0 saturated carbocycles. The van der Waals surface area contributed by atoms with Gasteiger partial charge in [0.15, 0.2) is 0 Å². The van der Waals surface area contributed by atoms with E-state index in [2.05, 4.69) is 46.6 Å². The molecule has 1 heterocycles. The lowest BCUT2D eigenvalue weighted by Gasteiger charge is -2.31. The average Bonchev–Trinajstić information content (AvgIpc) is 2.54. The van der Waals surface area contributed by atoms with Crippen molar-refractivity contribution in [3.05, 3.63) is 54.1 Å². The number of carbonyl (C=O) groups excluding carboxylic acids is 1. The molecule has 0 atom stereocenters. The van der Waals surface area contributed by atoms with Crippen LogP contribution in [-0.4, -0.2) is 12.5 Å². The minimum absolute atomic E-state index is 0.0357. The predicted molar refractivity (Wildman–Crippen MR) is 96.3 cm³/mol. The highest BCUT2D eigenvalue weighted by molar-refractivity contribution is 5.94. The number of aryl methyl sites for hydroxylation is 1. The Morgan fingerprint density at radius 1 is 1.04 bits per heavy atom. The van der Waals surface area contributed by atoms with E-state index >= 15 is 0 Å². The van der Waals surface area contributed by atoms with Crippen molar-refractivity contribution in [2.75, 3.05) is 16.8 Å². The highest BCUT2D eigenvalue weighted by atomic mass is 16.2. The number of nitrogens with one attached hydrogen (secondary N) is 1. The van der Waals surface area contributed by atoms with Crippen molar-refractivity contribution in [3.8, 4) is 0 Å². The van der Waals surface area contributed by atoms with Crippen LogP contribution < -0.4 is 10.2 Å². The van der Waals surface area contributed by atoms with Gasteiger partial charge in [0.2, 0.25) is 5.91 Å². The lowest BCUT2D eigenvalue weighted by atomic mass is 9.95. The van der Waals surface area contributed by atoms with Crippen LogP contribution in [0, 0.1) is 5.41 Å². The summed E-state index contributed by atoms with van der Waals surface area (Å²) in [4.78, 5) is 14.4. The van der Waals surface area contributed by atoms with Gasteiger partial charge in [0.1, 0.15) is 0 Å². The molecule has 120 valence electrons. The number of carbonyl (C=O) groups is 1. The maximum absolute atomic E-state index is 12.1. The molecule has 0 unspecified atom stereocenters. The minimum atomic E-state index is -0.384. The first-order valence-electron chi connectivity index (χ1n) is 8.22. The second-order valence-corrected chi connectivity index (χ2v) is 7.13. The number of para-hydroxylation sites is 1. The Morgan fingerprint density at radius 3 is 2.43 bits per heavy atom. The lowest BCUT2D eigenvalue weighted by Crippen LogP contribution is -2.27. The summed E-state index contributed by atoms with van der Waals surface area (Å²) in [6.45, 7) is 6.79. The van der Waals surface area contributed by atoms with E-state index in [0.29, 0.717) is 0 Å². The molecule has 0 fully saturated rings. The molecule has 3 rings (SSSR count). The van der Waals surface area contributed by atoms with Gasteiger partial charge in [0.25, 0.3) is 0 Å². The number of fused-ring (bicyclic) bond motifs is 1. The second kappa shape index (κ2) is 6.07. The fourth-order valence-corrected chi connectivity index (χ4v) is 2.85. The van der Waals surface area contributed by atoms with E-state index < -0.39 is 0 Å². The largest absolute Gasteiger partial charge is 0.341 e. The van der Waals surface area contributed by atoms with Crippen LogP contribution in [0.3, 0.4) is 0 Å². The van der Waals surface area contributed by atoms with Gasteiger partial charge in [-0.2, -0.15) is 0 Å². The molecule has 0 spiro atoms. The first-order chi connectivity index (χ1) is 10.9. The molecule has 3 nitrogen and oxygen atoms in total. The van der Waals surface area contributed by atoms with Crippen molar-refractivity contribution < 1.29 is 4.79 Å². The van der Waals surface area contributed by atoms with E-state index in [-0.39, 0.29) is 11.3 Å². The summed E-state index contributed by atoms with van der Waals surface area (Å²) in [5, 5.41) is 2.97. The van der Waals surface area contributed by atoms with Crippen molar-refractivity contribution in [1.82, 2.24) is 0 Å². The molecule has 23 heavy (non-hydrogen) atoms. The average molecular weight is 308 g/mol. The summed E-state index contributed by atoms with van der Waals surface area (Å²) in [7, 11) is 0. The lowest BCUT2D eigenvalue weighted by molar-refractivity contribution is -0.123. The molecule has 0 aromatic heterocycles. The molecule has 0 radical (unpaired) electrons. The SMILES string of the molecule is CC(C)(C)C(=O)Nc1ccc(N2CCCc3ccccc32)cc1. The van der Waals surface area contributed by atoms with Crippen molar-refractivity contribution >= 4 is 23.0 Å². The number of rotatable bonds is 2. The number of nitrogens with zero attached hydrogens (tertiary/aromatic N) is 1. The summed E-state index contributed by atoms with van der Waals surface area (Å²) in [5.74, 6) is 0.0357. The smallest absolute Gasteiger partial charge is 0.229 e. The topological polar surface area (TPSA) is 32.3 Å². The van der Waals surface area contributed by atoms with Crippen molar-refractivity contribution in [3.63, 3.8) is 0 Å². The Hall–Kier alpha value is -2.29. The van der Waals surface area contributed by atoms with Gasteiger partial charge < -0.3 is 10.2 Å². The molecule has 0 saturated heterocycles. The van der Waals surface area contributed by atoms with E-state index in [9.17, 15) is 4.79 Å². The predicted octanol–water partition coefficient (Wildman–Crippen LogP) is 4.76. The molecule has 0 aliphatic carbocycles. The summed E-state index contributed by atoms with van der Waals surface area (Å²) in [6.07, 6.45) is 2.31. The summed E-state index contributed by atoms with van der Waals surface area (Å²) >= 11 is 0. The monoisotopic (exact) mass is 308 g/mol. The zero-order valence-electron chi connectivity index (χ0n) is 14.1. The molecule has 2 aromatic rings. The van der Waals surface area contributed by atoms with Gasteiger partial charge >= 0.3 is 0 Å². The quantitative estimate of drug-likeness (QED) is 0.868. The van der Waals surface area contributed by atoms with Crippen LogP contribution in [0.5, 0.6) is 0 Å². The summed E-state index contributed by atoms with van der Waals surface area (Å²) < 4.78 is 0. The third-order valence-electron chi connectivity index (χ3n) is 4.23. The van der Waals surface area contributed by atoms with E-state index in [4.69, 9.17) is 0 Å². The van der Waals surface area contributed by atoms with Crippen LogP contribution >= 0.6 is 0 Å². The van der Waals surface area contributed by atoms with E-state index in [0.717, 1.165) is 18.7 Å². The Labute approximate surface area is 138 Å². The van der Waals surface area contributed by atoms with Crippen LogP contribution in [0.4, 0.5) is 17.1 Å². The second-order valence-electron chi connectivity index (χ2n) is 7.13. The number of amides is 1. The van der Waals surface area contributed by atoms with Gasteiger partial charge in [-0.25, -0.2) is 0 Å². The Bertz CT molecular complexity index is 698. The van der Waals surface area contributed by atoms with E-state index in [1.165, 1.54) is 23.4 Å². The third-order valence-corrected chi connectivity index (χ3v) is 4.23. The Morgan fingerprint density at radius 2 is 1.74 bits per heavy atom. The first-order valence-corrected chi connectivity index (χ1v) is 8.22. The summed E-state index contributed by atoms with van der Waals surface area (Å²) in [5.41, 5.74) is 4.34. The molecule has 1 N–H and O–H groups in total. The normalized spacial score (nSPS) is 14.3. The highest BCUT2D eigenvalue weighted by Crippen LogP contribution is 2.33. The molecular formula is C20H24N2O. The van der Waals surface area contributed by atoms with E-state index in [1.807, 2.05) is 32.9 Å². The number of anilines is 3.